The number of rotatable bonds is 3. The van der Waals surface area contributed by atoms with E-state index in [0.717, 1.165) is 39.6 Å². The first-order valence-corrected chi connectivity index (χ1v) is 9.71. The molecule has 4 nitrogen and oxygen atoms in total. The third-order valence-corrected chi connectivity index (χ3v) is 5.25. The fraction of sp³-hybridized carbons (Fsp3) is 0.333. The van der Waals surface area contributed by atoms with Crippen LogP contribution in [0, 0.1) is 0 Å². The van der Waals surface area contributed by atoms with E-state index < -0.39 is 0 Å². The van der Waals surface area contributed by atoms with Crippen molar-refractivity contribution in [2.45, 2.75) is 51.9 Å². The highest BCUT2D eigenvalue weighted by atomic mass is 15.1. The van der Waals surface area contributed by atoms with Crippen LogP contribution in [0.3, 0.4) is 0 Å². The predicted octanol–water partition coefficient (Wildman–Crippen LogP) is 5.39. The number of aromatic nitrogens is 4. The Morgan fingerprint density at radius 2 is 1.57 bits per heavy atom. The lowest BCUT2D eigenvalue weighted by molar-refractivity contribution is 0.500. The zero-order chi connectivity index (χ0) is 19.9. The van der Waals surface area contributed by atoms with Crippen LogP contribution in [0.4, 0.5) is 0 Å². The van der Waals surface area contributed by atoms with E-state index in [9.17, 15) is 0 Å². The van der Waals surface area contributed by atoms with E-state index in [0.29, 0.717) is 0 Å². The molecule has 0 atom stereocenters. The SMILES string of the molecule is CC(C)(C)c1ncnc2cc(CC(C)(C)c3cc4ccccc4nn3)ccc12. The molecule has 0 aliphatic heterocycles. The lowest BCUT2D eigenvalue weighted by atomic mass is 9.81. The van der Waals surface area contributed by atoms with Crippen molar-refractivity contribution in [1.29, 1.82) is 0 Å². The number of nitrogens with zero attached hydrogens (tertiary/aromatic N) is 4. The maximum atomic E-state index is 4.53. The van der Waals surface area contributed by atoms with Gasteiger partial charge < -0.3 is 0 Å². The van der Waals surface area contributed by atoms with Crippen LogP contribution in [-0.4, -0.2) is 20.2 Å². The maximum Gasteiger partial charge on any atom is 0.116 e. The van der Waals surface area contributed by atoms with Crippen LogP contribution in [0.5, 0.6) is 0 Å². The van der Waals surface area contributed by atoms with Crippen molar-refractivity contribution in [2.75, 3.05) is 0 Å². The van der Waals surface area contributed by atoms with Crippen molar-refractivity contribution in [1.82, 2.24) is 20.2 Å². The average molecular weight is 371 g/mol. The van der Waals surface area contributed by atoms with Gasteiger partial charge in [0, 0.05) is 21.6 Å². The van der Waals surface area contributed by atoms with Crippen LogP contribution >= 0.6 is 0 Å². The summed E-state index contributed by atoms with van der Waals surface area (Å²) < 4.78 is 0. The minimum absolute atomic E-state index is 0.0112. The molecule has 0 bridgehead atoms. The van der Waals surface area contributed by atoms with Crippen molar-refractivity contribution < 1.29 is 0 Å². The molecule has 28 heavy (non-hydrogen) atoms. The Labute approximate surface area is 166 Å². The van der Waals surface area contributed by atoms with Crippen molar-refractivity contribution in [3.63, 3.8) is 0 Å². The zero-order valence-corrected chi connectivity index (χ0v) is 17.2. The average Bonchev–Trinajstić information content (AvgIpc) is 2.66. The largest absolute Gasteiger partial charge is 0.240 e. The molecular weight excluding hydrogens is 344 g/mol. The number of benzene rings is 2. The van der Waals surface area contributed by atoms with Gasteiger partial charge in [-0.2, -0.15) is 10.2 Å². The summed E-state index contributed by atoms with van der Waals surface area (Å²) in [4.78, 5) is 9.05. The summed E-state index contributed by atoms with van der Waals surface area (Å²) in [6, 6.07) is 16.8. The predicted molar refractivity (Wildman–Crippen MR) is 115 cm³/mol. The van der Waals surface area contributed by atoms with E-state index in [2.05, 4.69) is 85.1 Å². The van der Waals surface area contributed by atoms with E-state index in [1.54, 1.807) is 6.33 Å². The first-order chi connectivity index (χ1) is 13.2. The van der Waals surface area contributed by atoms with Crippen molar-refractivity contribution >= 4 is 21.8 Å². The Morgan fingerprint density at radius 1 is 0.786 bits per heavy atom. The molecule has 4 heteroatoms. The van der Waals surface area contributed by atoms with Gasteiger partial charge in [0.2, 0.25) is 0 Å². The Balaban J connectivity index is 1.69. The molecule has 0 fully saturated rings. The van der Waals surface area contributed by atoms with Gasteiger partial charge in [-0.15, -0.1) is 0 Å². The smallest absolute Gasteiger partial charge is 0.116 e. The van der Waals surface area contributed by atoms with Gasteiger partial charge in [-0.1, -0.05) is 65.0 Å². The number of hydrogen-bond acceptors (Lipinski definition) is 4. The second-order valence-electron chi connectivity index (χ2n) is 9.17. The van der Waals surface area contributed by atoms with E-state index in [1.165, 1.54) is 5.56 Å². The summed E-state index contributed by atoms with van der Waals surface area (Å²) in [7, 11) is 0. The van der Waals surface area contributed by atoms with Crippen LogP contribution in [0.25, 0.3) is 21.8 Å². The molecule has 2 heterocycles. The van der Waals surface area contributed by atoms with Crippen molar-refractivity contribution in [3.05, 3.63) is 71.8 Å². The van der Waals surface area contributed by atoms with E-state index >= 15 is 0 Å². The van der Waals surface area contributed by atoms with Crippen LogP contribution in [0.2, 0.25) is 0 Å². The maximum absolute atomic E-state index is 4.53. The molecule has 0 saturated carbocycles. The van der Waals surface area contributed by atoms with Gasteiger partial charge in [0.25, 0.3) is 0 Å². The highest BCUT2D eigenvalue weighted by Gasteiger charge is 2.25. The summed E-state index contributed by atoms with van der Waals surface area (Å²) in [5.41, 5.74) is 5.11. The monoisotopic (exact) mass is 370 g/mol. The van der Waals surface area contributed by atoms with Crippen LogP contribution in [0.1, 0.15) is 51.6 Å². The van der Waals surface area contributed by atoms with E-state index in [-0.39, 0.29) is 10.8 Å². The van der Waals surface area contributed by atoms with Gasteiger partial charge >= 0.3 is 0 Å². The summed E-state index contributed by atoms with van der Waals surface area (Å²) >= 11 is 0. The van der Waals surface area contributed by atoms with Gasteiger partial charge in [-0.25, -0.2) is 9.97 Å². The first kappa shape index (κ1) is 18.5. The molecular formula is C24H26N4. The Hall–Kier alpha value is -2.88. The fourth-order valence-electron chi connectivity index (χ4n) is 3.73. The molecule has 0 aliphatic carbocycles. The third-order valence-electron chi connectivity index (χ3n) is 5.25. The minimum Gasteiger partial charge on any atom is -0.240 e. The molecule has 4 aromatic rings. The van der Waals surface area contributed by atoms with Gasteiger partial charge in [0.1, 0.15) is 6.33 Å². The summed E-state index contributed by atoms with van der Waals surface area (Å²) in [6.07, 6.45) is 2.54. The third kappa shape index (κ3) is 3.47. The molecule has 0 radical (unpaired) electrons. The van der Waals surface area contributed by atoms with Gasteiger partial charge in [-0.05, 0) is 30.2 Å². The van der Waals surface area contributed by atoms with E-state index in [4.69, 9.17) is 0 Å². The molecule has 0 unspecified atom stereocenters. The fourth-order valence-corrected chi connectivity index (χ4v) is 3.73. The van der Waals surface area contributed by atoms with Gasteiger partial charge in [-0.3, -0.25) is 0 Å². The van der Waals surface area contributed by atoms with Crippen LogP contribution in [-0.2, 0) is 17.3 Å². The Morgan fingerprint density at radius 3 is 2.36 bits per heavy atom. The first-order valence-electron chi connectivity index (χ1n) is 9.71. The number of hydrogen-bond donors (Lipinski definition) is 0. The molecule has 2 aromatic heterocycles. The summed E-state index contributed by atoms with van der Waals surface area (Å²) in [5.74, 6) is 0. The lowest BCUT2D eigenvalue weighted by Gasteiger charge is -2.24. The molecule has 0 spiro atoms. The van der Waals surface area contributed by atoms with Crippen molar-refractivity contribution in [2.24, 2.45) is 0 Å². The number of fused-ring (bicyclic) bond motifs is 2. The van der Waals surface area contributed by atoms with Gasteiger partial charge in [0.05, 0.1) is 22.4 Å². The van der Waals surface area contributed by atoms with Gasteiger partial charge in [0.15, 0.2) is 0 Å². The highest BCUT2D eigenvalue weighted by Crippen LogP contribution is 2.31. The second-order valence-corrected chi connectivity index (χ2v) is 9.17. The van der Waals surface area contributed by atoms with E-state index in [1.807, 2.05) is 18.2 Å². The molecule has 0 aliphatic rings. The highest BCUT2D eigenvalue weighted by molar-refractivity contribution is 5.82. The normalized spacial score (nSPS) is 12.6. The molecule has 0 N–H and O–H groups in total. The molecule has 2 aromatic carbocycles. The topological polar surface area (TPSA) is 51.6 Å². The molecule has 4 rings (SSSR count). The quantitative estimate of drug-likeness (QED) is 0.485. The Kier molecular flexibility index (Phi) is 4.37. The zero-order valence-electron chi connectivity index (χ0n) is 17.2. The lowest BCUT2D eigenvalue weighted by Crippen LogP contribution is -2.22. The summed E-state index contributed by atoms with van der Waals surface area (Å²) in [5, 5.41) is 11.2. The molecule has 142 valence electrons. The van der Waals surface area contributed by atoms with Crippen LogP contribution < -0.4 is 0 Å². The Bertz CT molecular complexity index is 1160. The standard InChI is InChI=1S/C24H26N4/c1-23(2,3)22-18-11-10-16(12-20(18)25-15-26-22)14-24(4,5)21-13-17-8-6-7-9-19(17)27-28-21/h6-13,15H,14H2,1-5H3. The molecule has 0 saturated heterocycles. The van der Waals surface area contributed by atoms with Crippen LogP contribution in [0.15, 0.2) is 54.9 Å². The second kappa shape index (κ2) is 6.62. The van der Waals surface area contributed by atoms with Crippen molar-refractivity contribution in [3.8, 4) is 0 Å². The minimum atomic E-state index is -0.134. The summed E-state index contributed by atoms with van der Waals surface area (Å²) in [6.45, 7) is 11.0. The molecule has 0 amide bonds.